The van der Waals surface area contributed by atoms with E-state index in [2.05, 4.69) is 0 Å². The van der Waals surface area contributed by atoms with Crippen molar-refractivity contribution in [3.05, 3.63) is 64.2 Å². The fraction of sp³-hybridized carbons (Fsp3) is 0.182. The lowest BCUT2D eigenvalue weighted by atomic mass is 9.99. The standard InChI is InChI=1S/C22H19NO3/c1-11-5-8-15-14(4)21(26-18(15)9-11)17-10-16(22(24)25)19-12(2)6-7-13(3)20(19)23-17/h5-10H,1-4H3,(H,24,25). The summed E-state index contributed by atoms with van der Waals surface area (Å²) in [5, 5.41) is 11.5. The van der Waals surface area contributed by atoms with E-state index in [0.717, 1.165) is 33.2 Å². The number of pyridine rings is 1. The molecule has 4 nitrogen and oxygen atoms in total. The Morgan fingerprint density at radius 2 is 1.73 bits per heavy atom. The molecule has 0 aliphatic carbocycles. The van der Waals surface area contributed by atoms with Gasteiger partial charge in [-0.2, -0.15) is 0 Å². The zero-order valence-corrected chi connectivity index (χ0v) is 15.2. The zero-order valence-electron chi connectivity index (χ0n) is 15.2. The van der Waals surface area contributed by atoms with Gasteiger partial charge in [0.25, 0.3) is 0 Å². The second-order valence-electron chi connectivity index (χ2n) is 6.84. The lowest BCUT2D eigenvalue weighted by molar-refractivity contribution is 0.0699. The molecule has 0 atom stereocenters. The Morgan fingerprint density at radius 3 is 2.46 bits per heavy atom. The largest absolute Gasteiger partial charge is 0.478 e. The molecule has 2 heterocycles. The molecule has 26 heavy (non-hydrogen) atoms. The summed E-state index contributed by atoms with van der Waals surface area (Å²) in [4.78, 5) is 16.7. The number of nitrogens with zero attached hydrogens (tertiary/aromatic N) is 1. The Labute approximate surface area is 151 Å². The van der Waals surface area contributed by atoms with Crippen molar-refractivity contribution in [2.45, 2.75) is 27.7 Å². The van der Waals surface area contributed by atoms with Crippen LogP contribution in [-0.4, -0.2) is 16.1 Å². The van der Waals surface area contributed by atoms with Gasteiger partial charge < -0.3 is 9.52 Å². The number of hydrogen-bond donors (Lipinski definition) is 1. The van der Waals surface area contributed by atoms with Crippen LogP contribution >= 0.6 is 0 Å². The average molecular weight is 345 g/mol. The van der Waals surface area contributed by atoms with Crippen LogP contribution in [0.2, 0.25) is 0 Å². The molecule has 0 unspecified atom stereocenters. The van der Waals surface area contributed by atoms with Gasteiger partial charge in [-0.25, -0.2) is 9.78 Å². The number of aryl methyl sites for hydroxylation is 4. The first-order valence-electron chi connectivity index (χ1n) is 8.51. The summed E-state index contributed by atoms with van der Waals surface area (Å²) < 4.78 is 6.06. The molecule has 1 N–H and O–H groups in total. The summed E-state index contributed by atoms with van der Waals surface area (Å²) >= 11 is 0. The summed E-state index contributed by atoms with van der Waals surface area (Å²) in [6.07, 6.45) is 0. The zero-order chi connectivity index (χ0) is 18.6. The minimum absolute atomic E-state index is 0.252. The third kappa shape index (κ3) is 2.37. The molecule has 0 amide bonds. The van der Waals surface area contributed by atoms with Crippen LogP contribution in [0.3, 0.4) is 0 Å². The van der Waals surface area contributed by atoms with Crippen molar-refractivity contribution in [2.24, 2.45) is 0 Å². The Hall–Kier alpha value is -3.14. The summed E-state index contributed by atoms with van der Waals surface area (Å²) in [6, 6.07) is 11.6. The molecule has 0 aliphatic rings. The van der Waals surface area contributed by atoms with Crippen molar-refractivity contribution in [1.82, 2.24) is 4.98 Å². The lowest BCUT2D eigenvalue weighted by Crippen LogP contribution is -2.02. The molecule has 0 aliphatic heterocycles. The highest BCUT2D eigenvalue weighted by molar-refractivity contribution is 6.06. The van der Waals surface area contributed by atoms with Crippen molar-refractivity contribution < 1.29 is 14.3 Å². The van der Waals surface area contributed by atoms with Crippen molar-refractivity contribution >= 4 is 27.8 Å². The second kappa shape index (κ2) is 5.70. The summed E-state index contributed by atoms with van der Waals surface area (Å²) in [6.45, 7) is 7.84. The van der Waals surface area contributed by atoms with Gasteiger partial charge in [-0.15, -0.1) is 0 Å². The SMILES string of the molecule is Cc1ccc2c(C)c(-c3cc(C(=O)O)c4c(C)ccc(C)c4n3)oc2c1. The quantitative estimate of drug-likeness (QED) is 0.515. The Bertz CT molecular complexity index is 1200. The highest BCUT2D eigenvalue weighted by atomic mass is 16.4. The summed E-state index contributed by atoms with van der Waals surface area (Å²) in [7, 11) is 0. The van der Waals surface area contributed by atoms with E-state index in [0.29, 0.717) is 22.4 Å². The van der Waals surface area contributed by atoms with Gasteiger partial charge in [-0.1, -0.05) is 24.3 Å². The molecule has 0 spiro atoms. The van der Waals surface area contributed by atoms with Gasteiger partial charge in [0.1, 0.15) is 11.3 Å². The third-order valence-electron chi connectivity index (χ3n) is 4.93. The minimum Gasteiger partial charge on any atom is -0.478 e. The van der Waals surface area contributed by atoms with Crippen LogP contribution in [0.4, 0.5) is 0 Å². The van der Waals surface area contributed by atoms with E-state index >= 15 is 0 Å². The highest BCUT2D eigenvalue weighted by Gasteiger charge is 2.20. The fourth-order valence-electron chi connectivity index (χ4n) is 3.50. The first-order valence-corrected chi connectivity index (χ1v) is 8.51. The maximum atomic E-state index is 11.9. The predicted molar refractivity (Wildman–Crippen MR) is 103 cm³/mol. The average Bonchev–Trinajstić information content (AvgIpc) is 2.93. The monoisotopic (exact) mass is 345 g/mol. The van der Waals surface area contributed by atoms with Crippen LogP contribution in [0, 0.1) is 27.7 Å². The highest BCUT2D eigenvalue weighted by Crippen LogP contribution is 2.35. The van der Waals surface area contributed by atoms with Crippen LogP contribution < -0.4 is 0 Å². The third-order valence-corrected chi connectivity index (χ3v) is 4.93. The van der Waals surface area contributed by atoms with E-state index in [4.69, 9.17) is 9.40 Å². The Morgan fingerprint density at radius 1 is 1.00 bits per heavy atom. The Balaban J connectivity index is 2.08. The van der Waals surface area contributed by atoms with E-state index in [9.17, 15) is 9.90 Å². The fourth-order valence-corrected chi connectivity index (χ4v) is 3.50. The number of carboxylic acids is 1. The number of hydrogen-bond acceptors (Lipinski definition) is 3. The van der Waals surface area contributed by atoms with Gasteiger partial charge in [0.15, 0.2) is 5.76 Å². The van der Waals surface area contributed by atoms with Crippen molar-refractivity contribution in [2.75, 3.05) is 0 Å². The van der Waals surface area contributed by atoms with Crippen LogP contribution in [0.1, 0.15) is 32.6 Å². The van der Waals surface area contributed by atoms with Crippen LogP contribution in [0.25, 0.3) is 33.3 Å². The van der Waals surface area contributed by atoms with Crippen LogP contribution in [0.15, 0.2) is 40.8 Å². The molecular formula is C22H19NO3. The number of fused-ring (bicyclic) bond motifs is 2. The maximum Gasteiger partial charge on any atom is 0.336 e. The smallest absolute Gasteiger partial charge is 0.336 e. The number of aromatic carboxylic acids is 1. The summed E-state index contributed by atoms with van der Waals surface area (Å²) in [5.74, 6) is -0.340. The van der Waals surface area contributed by atoms with E-state index in [-0.39, 0.29) is 5.56 Å². The molecule has 0 saturated heterocycles. The van der Waals surface area contributed by atoms with Gasteiger partial charge in [-0.3, -0.25) is 0 Å². The number of furan rings is 1. The molecule has 0 bridgehead atoms. The number of benzene rings is 2. The number of rotatable bonds is 2. The van der Waals surface area contributed by atoms with Gasteiger partial charge in [0.05, 0.1) is 11.1 Å². The second-order valence-corrected chi connectivity index (χ2v) is 6.84. The lowest BCUT2D eigenvalue weighted by Gasteiger charge is -2.10. The maximum absolute atomic E-state index is 11.9. The van der Waals surface area contributed by atoms with Crippen LogP contribution in [0.5, 0.6) is 0 Å². The molecule has 0 fully saturated rings. The van der Waals surface area contributed by atoms with Gasteiger partial charge in [0, 0.05) is 16.3 Å². The van der Waals surface area contributed by atoms with Crippen molar-refractivity contribution in [3.8, 4) is 11.5 Å². The van der Waals surface area contributed by atoms with Gasteiger partial charge in [-0.05, 0) is 56.5 Å². The molecule has 4 heteroatoms. The van der Waals surface area contributed by atoms with Gasteiger partial charge in [0.2, 0.25) is 0 Å². The van der Waals surface area contributed by atoms with Crippen LogP contribution in [-0.2, 0) is 0 Å². The van der Waals surface area contributed by atoms with E-state index in [1.54, 1.807) is 6.07 Å². The molecule has 4 aromatic rings. The van der Waals surface area contributed by atoms with Gasteiger partial charge >= 0.3 is 5.97 Å². The predicted octanol–water partition coefficient (Wildman–Crippen LogP) is 5.58. The first kappa shape index (κ1) is 16.3. The molecule has 130 valence electrons. The van der Waals surface area contributed by atoms with E-state index in [1.807, 2.05) is 58.0 Å². The first-order chi connectivity index (χ1) is 12.4. The van der Waals surface area contributed by atoms with Crippen molar-refractivity contribution in [1.29, 1.82) is 0 Å². The van der Waals surface area contributed by atoms with E-state index in [1.165, 1.54) is 0 Å². The molecule has 2 aromatic heterocycles. The topological polar surface area (TPSA) is 63.3 Å². The molecule has 0 radical (unpaired) electrons. The number of aromatic nitrogens is 1. The number of carbonyl (C=O) groups is 1. The normalized spacial score (nSPS) is 11.4. The summed E-state index contributed by atoms with van der Waals surface area (Å²) in [5.41, 5.74) is 6.22. The Kier molecular flexibility index (Phi) is 3.58. The molecule has 0 saturated carbocycles. The molecule has 2 aromatic carbocycles. The number of carboxylic acid groups (broad SMARTS) is 1. The van der Waals surface area contributed by atoms with Crippen molar-refractivity contribution in [3.63, 3.8) is 0 Å². The minimum atomic E-state index is -0.961. The molecule has 4 rings (SSSR count). The molecular weight excluding hydrogens is 326 g/mol. The van der Waals surface area contributed by atoms with E-state index < -0.39 is 5.97 Å².